The standard InChI is InChI=1S/C11H15NO2/c1-8-3-4-9(14-8)7-10-11(13)5-6-12(10)2/h3-4,10H,5-7H2,1-2H3. The minimum absolute atomic E-state index is 0.0283. The highest BCUT2D eigenvalue weighted by atomic mass is 16.3. The number of carbonyl (C=O) groups is 1. The van der Waals surface area contributed by atoms with Crippen LogP contribution in [0.15, 0.2) is 16.5 Å². The molecule has 0 N–H and O–H groups in total. The molecule has 1 aliphatic rings. The Morgan fingerprint density at radius 3 is 2.86 bits per heavy atom. The molecule has 0 bridgehead atoms. The zero-order valence-corrected chi connectivity index (χ0v) is 8.62. The summed E-state index contributed by atoms with van der Waals surface area (Å²) in [7, 11) is 1.99. The minimum Gasteiger partial charge on any atom is -0.466 e. The molecule has 2 rings (SSSR count). The number of rotatable bonds is 2. The number of furan rings is 1. The maximum absolute atomic E-state index is 11.5. The average Bonchev–Trinajstić information content (AvgIpc) is 2.67. The second-order valence-electron chi connectivity index (χ2n) is 3.93. The summed E-state index contributed by atoms with van der Waals surface area (Å²) >= 11 is 0. The Labute approximate surface area is 83.7 Å². The van der Waals surface area contributed by atoms with E-state index in [0.29, 0.717) is 18.6 Å². The van der Waals surface area contributed by atoms with Crippen molar-refractivity contribution in [1.82, 2.24) is 4.90 Å². The molecule has 1 unspecified atom stereocenters. The number of carbonyl (C=O) groups excluding carboxylic acids is 1. The van der Waals surface area contributed by atoms with Crippen molar-refractivity contribution in [1.29, 1.82) is 0 Å². The number of nitrogens with zero attached hydrogens (tertiary/aromatic N) is 1. The molecule has 0 amide bonds. The van der Waals surface area contributed by atoms with Gasteiger partial charge in [0.25, 0.3) is 0 Å². The number of likely N-dealkylation sites (N-methyl/N-ethyl adjacent to an activating group) is 1. The molecule has 1 aromatic rings. The third-order valence-electron chi connectivity index (χ3n) is 2.81. The summed E-state index contributed by atoms with van der Waals surface area (Å²) in [5.74, 6) is 2.16. The van der Waals surface area contributed by atoms with Gasteiger partial charge in [0.05, 0.1) is 6.04 Å². The molecule has 0 spiro atoms. The third-order valence-corrected chi connectivity index (χ3v) is 2.81. The van der Waals surface area contributed by atoms with Crippen molar-refractivity contribution in [3.63, 3.8) is 0 Å². The summed E-state index contributed by atoms with van der Waals surface area (Å²) in [6.07, 6.45) is 1.39. The van der Waals surface area contributed by atoms with Crippen molar-refractivity contribution >= 4 is 5.78 Å². The number of likely N-dealkylation sites (tertiary alicyclic amines) is 1. The monoisotopic (exact) mass is 193 g/mol. The molecule has 1 saturated heterocycles. The lowest BCUT2D eigenvalue weighted by molar-refractivity contribution is -0.119. The van der Waals surface area contributed by atoms with Crippen LogP contribution in [-0.4, -0.2) is 30.3 Å². The van der Waals surface area contributed by atoms with Crippen LogP contribution in [0, 0.1) is 6.92 Å². The zero-order chi connectivity index (χ0) is 10.1. The van der Waals surface area contributed by atoms with Crippen LogP contribution in [0.1, 0.15) is 17.9 Å². The predicted octanol–water partition coefficient (Wildman–Crippen LogP) is 1.40. The fourth-order valence-electron chi connectivity index (χ4n) is 1.91. The summed E-state index contributed by atoms with van der Waals surface area (Å²) < 4.78 is 5.46. The lowest BCUT2D eigenvalue weighted by Gasteiger charge is -2.16. The Kier molecular flexibility index (Phi) is 2.42. The first kappa shape index (κ1) is 9.46. The number of ketones is 1. The van der Waals surface area contributed by atoms with Gasteiger partial charge in [0, 0.05) is 19.4 Å². The largest absolute Gasteiger partial charge is 0.466 e. The maximum Gasteiger partial charge on any atom is 0.151 e. The van der Waals surface area contributed by atoms with Crippen molar-refractivity contribution < 1.29 is 9.21 Å². The van der Waals surface area contributed by atoms with Crippen LogP contribution in [0.3, 0.4) is 0 Å². The summed E-state index contributed by atoms with van der Waals surface area (Å²) in [6.45, 7) is 2.80. The Balaban J connectivity index is 2.06. The van der Waals surface area contributed by atoms with Crippen molar-refractivity contribution in [2.75, 3.05) is 13.6 Å². The van der Waals surface area contributed by atoms with E-state index in [1.807, 2.05) is 26.1 Å². The molecule has 3 nitrogen and oxygen atoms in total. The normalized spacial score (nSPS) is 23.3. The Hall–Kier alpha value is -1.09. The van der Waals surface area contributed by atoms with Gasteiger partial charge in [-0.15, -0.1) is 0 Å². The first-order valence-corrected chi connectivity index (χ1v) is 4.95. The second kappa shape index (κ2) is 3.58. The topological polar surface area (TPSA) is 33.5 Å². The first-order chi connectivity index (χ1) is 6.66. The zero-order valence-electron chi connectivity index (χ0n) is 8.62. The third kappa shape index (κ3) is 1.73. The second-order valence-corrected chi connectivity index (χ2v) is 3.93. The van der Waals surface area contributed by atoms with Gasteiger partial charge in [0.2, 0.25) is 0 Å². The summed E-state index contributed by atoms with van der Waals surface area (Å²) in [5.41, 5.74) is 0. The number of Topliss-reactive ketones (excluding diaryl/α,β-unsaturated/α-hetero) is 1. The van der Waals surface area contributed by atoms with Crippen LogP contribution < -0.4 is 0 Å². The van der Waals surface area contributed by atoms with E-state index in [1.165, 1.54) is 0 Å². The smallest absolute Gasteiger partial charge is 0.151 e. The van der Waals surface area contributed by atoms with Crippen LogP contribution in [0.4, 0.5) is 0 Å². The van der Waals surface area contributed by atoms with E-state index in [2.05, 4.69) is 4.90 Å². The molecule has 14 heavy (non-hydrogen) atoms. The van der Waals surface area contributed by atoms with Gasteiger partial charge in [-0.25, -0.2) is 0 Å². The average molecular weight is 193 g/mol. The summed E-state index contributed by atoms with van der Waals surface area (Å²) in [5, 5.41) is 0. The van der Waals surface area contributed by atoms with Crippen LogP contribution in [0.2, 0.25) is 0 Å². The molecule has 1 aliphatic heterocycles. The highest BCUT2D eigenvalue weighted by Crippen LogP contribution is 2.17. The minimum atomic E-state index is 0.0283. The molecule has 2 heterocycles. The molecule has 1 fully saturated rings. The van der Waals surface area contributed by atoms with E-state index in [0.717, 1.165) is 18.1 Å². The van der Waals surface area contributed by atoms with Crippen molar-refractivity contribution in [3.05, 3.63) is 23.7 Å². The van der Waals surface area contributed by atoms with Gasteiger partial charge in [-0.1, -0.05) is 0 Å². The highest BCUT2D eigenvalue weighted by molar-refractivity contribution is 5.86. The number of aryl methyl sites for hydroxylation is 1. The molecule has 76 valence electrons. The summed E-state index contributed by atoms with van der Waals surface area (Å²) in [6, 6.07) is 3.92. The highest BCUT2D eigenvalue weighted by Gasteiger charge is 2.30. The molecule has 1 atom stereocenters. The first-order valence-electron chi connectivity index (χ1n) is 4.95. The van der Waals surface area contributed by atoms with E-state index in [4.69, 9.17) is 4.42 Å². The van der Waals surface area contributed by atoms with Gasteiger partial charge in [-0.05, 0) is 26.1 Å². The fraction of sp³-hybridized carbons (Fsp3) is 0.545. The molecule has 1 aromatic heterocycles. The van der Waals surface area contributed by atoms with Crippen molar-refractivity contribution in [3.8, 4) is 0 Å². The molecule has 3 heteroatoms. The van der Waals surface area contributed by atoms with Crippen molar-refractivity contribution in [2.24, 2.45) is 0 Å². The van der Waals surface area contributed by atoms with E-state index in [-0.39, 0.29) is 6.04 Å². The quantitative estimate of drug-likeness (QED) is 0.712. The van der Waals surface area contributed by atoms with Gasteiger partial charge < -0.3 is 4.42 Å². The van der Waals surface area contributed by atoms with Gasteiger partial charge in [-0.3, -0.25) is 9.69 Å². The molecule has 0 aliphatic carbocycles. The van der Waals surface area contributed by atoms with Gasteiger partial charge in [0.15, 0.2) is 5.78 Å². The fourth-order valence-corrected chi connectivity index (χ4v) is 1.91. The molecular weight excluding hydrogens is 178 g/mol. The Bertz CT molecular complexity index is 343. The van der Waals surface area contributed by atoms with Crippen LogP contribution in [0.5, 0.6) is 0 Å². The Morgan fingerprint density at radius 1 is 1.57 bits per heavy atom. The van der Waals surface area contributed by atoms with E-state index >= 15 is 0 Å². The predicted molar refractivity (Wildman–Crippen MR) is 53.2 cm³/mol. The van der Waals surface area contributed by atoms with E-state index < -0.39 is 0 Å². The van der Waals surface area contributed by atoms with Crippen LogP contribution in [0.25, 0.3) is 0 Å². The van der Waals surface area contributed by atoms with E-state index in [1.54, 1.807) is 0 Å². The Morgan fingerprint density at radius 2 is 2.36 bits per heavy atom. The molecule has 0 aromatic carbocycles. The molecule has 0 radical (unpaired) electrons. The lowest BCUT2D eigenvalue weighted by Crippen LogP contribution is -2.31. The summed E-state index contributed by atoms with van der Waals surface area (Å²) in [4.78, 5) is 13.6. The van der Waals surface area contributed by atoms with Crippen LogP contribution in [-0.2, 0) is 11.2 Å². The van der Waals surface area contributed by atoms with Gasteiger partial charge >= 0.3 is 0 Å². The molecule has 0 saturated carbocycles. The number of hydrogen-bond acceptors (Lipinski definition) is 3. The van der Waals surface area contributed by atoms with Crippen molar-refractivity contribution in [2.45, 2.75) is 25.8 Å². The van der Waals surface area contributed by atoms with Gasteiger partial charge in [-0.2, -0.15) is 0 Å². The van der Waals surface area contributed by atoms with Crippen LogP contribution >= 0.6 is 0 Å². The molecular formula is C11H15NO2. The lowest BCUT2D eigenvalue weighted by atomic mass is 10.1. The SMILES string of the molecule is Cc1ccc(CC2C(=O)CCN2C)o1. The maximum atomic E-state index is 11.5. The van der Waals surface area contributed by atoms with Gasteiger partial charge in [0.1, 0.15) is 11.5 Å². The number of hydrogen-bond donors (Lipinski definition) is 0. The van der Waals surface area contributed by atoms with E-state index in [9.17, 15) is 4.79 Å².